The molecule has 0 N–H and O–H groups in total. The normalized spacial score (nSPS) is 14.2. The van der Waals surface area contributed by atoms with Gasteiger partial charge in [-0.1, -0.05) is 74.7 Å². The van der Waals surface area contributed by atoms with Crippen molar-refractivity contribution in [3.8, 4) is 39.5 Å². The minimum atomic E-state index is -2.53. The number of oxazole rings is 1. The van der Waals surface area contributed by atoms with Gasteiger partial charge in [-0.25, -0.2) is 0 Å². The van der Waals surface area contributed by atoms with E-state index in [1.807, 2.05) is 46.9 Å². The molecule has 50 heavy (non-hydrogen) atoms. The Morgan fingerprint density at radius 3 is 2.38 bits per heavy atom. The first-order valence-corrected chi connectivity index (χ1v) is 16.2. The molecule has 0 atom stereocenters. The molecule has 5 nitrogen and oxygen atoms in total. The van der Waals surface area contributed by atoms with Gasteiger partial charge in [0.15, 0.2) is 5.58 Å². The molecule has 0 aliphatic carbocycles. The topological polar surface area (TPSA) is 48.3 Å². The number of hydrogen-bond acceptors (Lipinski definition) is 3. The molecule has 0 aliphatic heterocycles. The van der Waals surface area contributed by atoms with Crippen LogP contribution in [0.4, 0.5) is 0 Å². The van der Waals surface area contributed by atoms with Crippen molar-refractivity contribution in [2.24, 2.45) is 0 Å². The van der Waals surface area contributed by atoms with E-state index in [9.17, 15) is 0 Å². The second-order valence-corrected chi connectivity index (χ2v) is 13.4. The maximum Gasteiger partial charge on any atom is 2.00 e. The van der Waals surface area contributed by atoms with Crippen LogP contribution in [0.3, 0.4) is 0 Å². The number of benzene rings is 5. The molecule has 0 saturated carbocycles. The van der Waals surface area contributed by atoms with Crippen molar-refractivity contribution in [1.82, 2.24) is 18.9 Å². The van der Waals surface area contributed by atoms with E-state index in [0.29, 0.717) is 28.4 Å². The summed E-state index contributed by atoms with van der Waals surface area (Å²) >= 11 is 0. The summed E-state index contributed by atoms with van der Waals surface area (Å²) in [6, 6.07) is 39.5. The van der Waals surface area contributed by atoms with E-state index in [0.717, 1.165) is 44.2 Å². The van der Waals surface area contributed by atoms with Gasteiger partial charge >= 0.3 is 21.1 Å². The van der Waals surface area contributed by atoms with Crippen molar-refractivity contribution in [3.63, 3.8) is 0 Å². The molecule has 0 spiro atoms. The van der Waals surface area contributed by atoms with Crippen molar-refractivity contribution in [1.29, 1.82) is 0 Å². The number of para-hydroxylation sites is 1. The fraction of sp³-hybridized carbons (Fsp3) is 0.136. The van der Waals surface area contributed by atoms with Gasteiger partial charge in [0, 0.05) is 19.9 Å². The van der Waals surface area contributed by atoms with Crippen LogP contribution >= 0.6 is 0 Å². The molecule has 6 heteroatoms. The Labute approximate surface area is 313 Å². The van der Waals surface area contributed by atoms with Gasteiger partial charge in [0.1, 0.15) is 0 Å². The van der Waals surface area contributed by atoms with Gasteiger partial charge in [-0.15, -0.1) is 53.6 Å². The SMILES string of the molecule is [2H]C([2H])([2H])c1cccc(C([2H])([2H])[2H])c1-c1ccnc(-c2[c-]c3c(cc2)c2ccccc2n3-c2[c-]c(-c3ncc4oc5cc(C(C)(C)C)ccc5n34)ccc2)c1.[Pt+2]. The molecule has 0 aliphatic rings. The van der Waals surface area contributed by atoms with Gasteiger partial charge in [0.25, 0.3) is 0 Å². The number of fused-ring (bicyclic) bond motifs is 6. The molecule has 246 valence electrons. The van der Waals surface area contributed by atoms with Crippen molar-refractivity contribution < 1.29 is 33.7 Å². The zero-order chi connectivity index (χ0) is 38.4. The van der Waals surface area contributed by atoms with Gasteiger partial charge in [-0.3, -0.25) is 4.98 Å². The summed E-state index contributed by atoms with van der Waals surface area (Å²) in [5.74, 6) is 0.708. The Bertz CT molecular complexity index is 2930. The predicted octanol–water partition coefficient (Wildman–Crippen LogP) is 11.1. The Morgan fingerprint density at radius 1 is 0.740 bits per heavy atom. The second-order valence-electron chi connectivity index (χ2n) is 13.4. The molecule has 0 unspecified atom stereocenters. The Hall–Kier alpha value is -5.25. The third-order valence-corrected chi connectivity index (χ3v) is 9.24. The molecule has 9 rings (SSSR count). The molecule has 9 aromatic rings. The fourth-order valence-corrected chi connectivity index (χ4v) is 6.80. The van der Waals surface area contributed by atoms with Crippen molar-refractivity contribution in [2.45, 2.75) is 39.9 Å². The summed E-state index contributed by atoms with van der Waals surface area (Å²) in [5, 5.41) is 2.01. The monoisotopic (exact) mass is 835 g/mol. The first-order chi connectivity index (χ1) is 26.2. The summed E-state index contributed by atoms with van der Waals surface area (Å²) < 4.78 is 59.6. The molecule has 4 aromatic heterocycles. The largest absolute Gasteiger partial charge is 2.00 e. The van der Waals surface area contributed by atoms with Crippen molar-refractivity contribution >= 4 is 38.6 Å². The van der Waals surface area contributed by atoms with Crippen LogP contribution in [0.5, 0.6) is 0 Å². The zero-order valence-corrected chi connectivity index (χ0v) is 29.8. The predicted molar refractivity (Wildman–Crippen MR) is 199 cm³/mol. The van der Waals surface area contributed by atoms with Crippen LogP contribution in [0.2, 0.25) is 0 Å². The Balaban J connectivity index is 0.00000441. The van der Waals surface area contributed by atoms with E-state index in [-0.39, 0.29) is 43.2 Å². The first kappa shape index (κ1) is 25.7. The number of pyridine rings is 1. The molecular weight excluding hydrogens is 796 g/mol. The van der Waals surface area contributed by atoms with E-state index in [1.165, 1.54) is 23.8 Å². The number of nitrogens with zero attached hydrogens (tertiary/aromatic N) is 4. The molecule has 4 heterocycles. The molecule has 0 bridgehead atoms. The second kappa shape index (κ2) is 12.0. The quantitative estimate of drug-likeness (QED) is 0.166. The third-order valence-electron chi connectivity index (χ3n) is 9.24. The standard InChI is InChI=1S/C44H34N4O.Pt/c1-27-10-8-11-28(2)42(27)30-20-21-45-36(23-30)29-16-18-35-34-14-6-7-15-37(34)47(39(35)24-29)33-13-9-12-31(22-33)43-46-26-41-48(43)38-19-17-32(44(3,4)5)25-40(38)49-41;/h6-21,23,25-26H,1-5H3;/q-2;+2/i1D3,2D3;. The van der Waals surface area contributed by atoms with Crippen LogP contribution in [-0.4, -0.2) is 18.9 Å². The summed E-state index contributed by atoms with van der Waals surface area (Å²) in [7, 11) is 0. The van der Waals surface area contributed by atoms with E-state index in [4.69, 9.17) is 17.6 Å². The maximum absolute atomic E-state index is 8.20. The van der Waals surface area contributed by atoms with Crippen LogP contribution in [0, 0.1) is 25.8 Å². The van der Waals surface area contributed by atoms with Crippen molar-refractivity contribution in [3.05, 3.63) is 144 Å². The van der Waals surface area contributed by atoms with Crippen LogP contribution in [0.15, 0.2) is 120 Å². The summed E-state index contributed by atoms with van der Waals surface area (Å²) in [6.45, 7) is 1.49. The van der Waals surface area contributed by atoms with E-state index < -0.39 is 13.7 Å². The third kappa shape index (κ3) is 5.11. The average molecular weight is 836 g/mol. The summed E-state index contributed by atoms with van der Waals surface area (Å²) in [6.07, 6.45) is 3.32. The minimum absolute atomic E-state index is 0. The van der Waals surface area contributed by atoms with E-state index >= 15 is 0 Å². The molecule has 0 amide bonds. The molecule has 0 radical (unpaired) electrons. The van der Waals surface area contributed by atoms with Gasteiger partial charge < -0.3 is 18.4 Å². The molecule has 0 saturated heterocycles. The van der Waals surface area contributed by atoms with Crippen LogP contribution in [0.1, 0.15) is 45.7 Å². The van der Waals surface area contributed by atoms with Crippen LogP contribution in [-0.2, 0) is 26.5 Å². The average Bonchev–Trinajstić information content (AvgIpc) is 3.83. The van der Waals surface area contributed by atoms with Gasteiger partial charge in [0.2, 0.25) is 5.71 Å². The number of hydrogen-bond donors (Lipinski definition) is 0. The van der Waals surface area contributed by atoms with Crippen LogP contribution in [0.25, 0.3) is 78.1 Å². The zero-order valence-electron chi connectivity index (χ0n) is 33.5. The minimum Gasteiger partial charge on any atom is -0.437 e. The fourth-order valence-electron chi connectivity index (χ4n) is 6.80. The smallest absolute Gasteiger partial charge is 0.437 e. The molecular formula is C44H34N4OPt. The van der Waals surface area contributed by atoms with Crippen molar-refractivity contribution in [2.75, 3.05) is 0 Å². The van der Waals surface area contributed by atoms with Gasteiger partial charge in [0.05, 0.1) is 17.5 Å². The van der Waals surface area contributed by atoms with E-state index in [1.54, 1.807) is 24.5 Å². The first-order valence-electron chi connectivity index (χ1n) is 19.2. The number of imidazole rings is 1. The Kier molecular flexibility index (Phi) is 6.14. The summed E-state index contributed by atoms with van der Waals surface area (Å²) in [5.41, 5.74) is 8.59. The number of aromatic nitrogens is 4. The van der Waals surface area contributed by atoms with Gasteiger partial charge in [-0.2, -0.15) is 0 Å². The molecule has 0 fully saturated rings. The number of aryl methyl sites for hydroxylation is 2. The number of rotatable bonds is 4. The van der Waals surface area contributed by atoms with Gasteiger partial charge in [-0.05, 0) is 93.5 Å². The van der Waals surface area contributed by atoms with Crippen LogP contribution < -0.4 is 0 Å². The van der Waals surface area contributed by atoms with E-state index in [2.05, 4.69) is 72.8 Å². The molecule has 5 aromatic carbocycles. The maximum atomic E-state index is 8.20. The Morgan fingerprint density at radius 2 is 1.56 bits per heavy atom. The summed E-state index contributed by atoms with van der Waals surface area (Å²) in [4.78, 5) is 9.41.